The molecule has 1 saturated carbocycles. The van der Waals surface area contributed by atoms with Gasteiger partial charge in [0.1, 0.15) is 17.1 Å². The molecule has 6 nitrogen and oxygen atoms in total. The van der Waals surface area contributed by atoms with Gasteiger partial charge in [0.2, 0.25) is 0 Å². The molecule has 1 aliphatic rings. The minimum atomic E-state index is -0.475. The molecule has 1 aliphatic carbocycles. The van der Waals surface area contributed by atoms with Crippen molar-refractivity contribution < 1.29 is 14.0 Å². The zero-order chi connectivity index (χ0) is 14.9. The Bertz CT molecular complexity index is 611. The third-order valence-corrected chi connectivity index (χ3v) is 4.01. The molecule has 0 radical (unpaired) electrons. The minimum Gasteiger partial charge on any atom is -0.496 e. The Labute approximate surface area is 123 Å². The highest BCUT2D eigenvalue weighted by Crippen LogP contribution is 2.40. The van der Waals surface area contributed by atoms with Crippen LogP contribution in [-0.2, 0) is 5.54 Å². The standard InChI is InChI=1S/C15H19N3O3/c1-19-10-6-5-7-11(20-2)12(10)13-17-14(18-21-13)15(16)8-3-4-9-15/h5-7H,3-4,8-9,16H2,1-2H3. The van der Waals surface area contributed by atoms with E-state index in [0.717, 1.165) is 25.7 Å². The number of hydrogen-bond acceptors (Lipinski definition) is 6. The fourth-order valence-electron chi connectivity index (χ4n) is 2.82. The topological polar surface area (TPSA) is 83.4 Å². The summed E-state index contributed by atoms with van der Waals surface area (Å²) in [5.74, 6) is 2.18. The molecule has 1 heterocycles. The van der Waals surface area contributed by atoms with E-state index in [0.29, 0.717) is 28.8 Å². The summed E-state index contributed by atoms with van der Waals surface area (Å²) in [4.78, 5) is 4.49. The second kappa shape index (κ2) is 5.37. The monoisotopic (exact) mass is 289 g/mol. The van der Waals surface area contributed by atoms with Crippen molar-refractivity contribution in [2.24, 2.45) is 5.73 Å². The van der Waals surface area contributed by atoms with Gasteiger partial charge in [0.25, 0.3) is 5.89 Å². The molecule has 0 aliphatic heterocycles. The fourth-order valence-corrected chi connectivity index (χ4v) is 2.82. The Balaban J connectivity index is 2.04. The molecule has 2 aromatic rings. The first kappa shape index (κ1) is 13.9. The summed E-state index contributed by atoms with van der Waals surface area (Å²) in [5, 5.41) is 4.07. The second-order valence-electron chi connectivity index (χ2n) is 5.32. The Kier molecular flexibility index (Phi) is 3.55. The van der Waals surface area contributed by atoms with E-state index in [1.54, 1.807) is 14.2 Å². The van der Waals surface area contributed by atoms with Crippen LogP contribution < -0.4 is 15.2 Å². The molecule has 0 saturated heterocycles. The Hall–Kier alpha value is -2.08. The quantitative estimate of drug-likeness (QED) is 0.931. The Morgan fingerprint density at radius 2 is 1.76 bits per heavy atom. The van der Waals surface area contributed by atoms with Crippen LogP contribution in [-0.4, -0.2) is 24.4 Å². The Morgan fingerprint density at radius 1 is 1.14 bits per heavy atom. The summed E-state index contributed by atoms with van der Waals surface area (Å²) < 4.78 is 16.1. The van der Waals surface area contributed by atoms with Crippen molar-refractivity contribution >= 4 is 0 Å². The van der Waals surface area contributed by atoms with E-state index in [-0.39, 0.29) is 0 Å². The normalized spacial score (nSPS) is 16.9. The van der Waals surface area contributed by atoms with Crippen LogP contribution >= 0.6 is 0 Å². The first-order chi connectivity index (χ1) is 10.2. The van der Waals surface area contributed by atoms with E-state index in [1.807, 2.05) is 18.2 Å². The van der Waals surface area contributed by atoms with Gasteiger partial charge in [-0.15, -0.1) is 0 Å². The fraction of sp³-hybridized carbons (Fsp3) is 0.467. The highest BCUT2D eigenvalue weighted by atomic mass is 16.5. The van der Waals surface area contributed by atoms with Gasteiger partial charge in [0.05, 0.1) is 19.8 Å². The molecule has 3 rings (SSSR count). The van der Waals surface area contributed by atoms with Gasteiger partial charge in [-0.2, -0.15) is 4.98 Å². The summed E-state index contributed by atoms with van der Waals surface area (Å²) in [6.45, 7) is 0. The van der Waals surface area contributed by atoms with Crippen molar-refractivity contribution in [2.75, 3.05) is 14.2 Å². The lowest BCUT2D eigenvalue weighted by atomic mass is 9.98. The molecule has 1 aromatic heterocycles. The van der Waals surface area contributed by atoms with Crippen LogP contribution in [0.5, 0.6) is 11.5 Å². The zero-order valence-corrected chi connectivity index (χ0v) is 12.3. The predicted molar refractivity (Wildman–Crippen MR) is 77.2 cm³/mol. The van der Waals surface area contributed by atoms with Crippen LogP contribution in [0, 0.1) is 0 Å². The molecular weight excluding hydrogens is 270 g/mol. The van der Waals surface area contributed by atoms with Crippen molar-refractivity contribution in [3.05, 3.63) is 24.0 Å². The van der Waals surface area contributed by atoms with Gasteiger partial charge in [-0.3, -0.25) is 0 Å². The average molecular weight is 289 g/mol. The van der Waals surface area contributed by atoms with Crippen molar-refractivity contribution in [1.29, 1.82) is 0 Å². The van der Waals surface area contributed by atoms with Gasteiger partial charge in [-0.05, 0) is 25.0 Å². The maximum atomic E-state index is 6.37. The van der Waals surface area contributed by atoms with Crippen LogP contribution in [0.1, 0.15) is 31.5 Å². The first-order valence-corrected chi connectivity index (χ1v) is 7.02. The molecule has 0 unspecified atom stereocenters. The smallest absolute Gasteiger partial charge is 0.265 e. The second-order valence-corrected chi connectivity index (χ2v) is 5.32. The van der Waals surface area contributed by atoms with Gasteiger partial charge in [-0.1, -0.05) is 24.1 Å². The number of ether oxygens (including phenoxy) is 2. The number of rotatable bonds is 4. The number of aromatic nitrogens is 2. The third-order valence-electron chi connectivity index (χ3n) is 4.01. The number of hydrogen-bond donors (Lipinski definition) is 1. The Morgan fingerprint density at radius 3 is 2.33 bits per heavy atom. The van der Waals surface area contributed by atoms with E-state index in [2.05, 4.69) is 10.1 Å². The molecule has 6 heteroatoms. The van der Waals surface area contributed by atoms with Crippen molar-refractivity contribution in [1.82, 2.24) is 10.1 Å². The van der Waals surface area contributed by atoms with Gasteiger partial charge in [0, 0.05) is 0 Å². The average Bonchev–Trinajstić information content (AvgIpc) is 3.16. The van der Waals surface area contributed by atoms with Gasteiger partial charge < -0.3 is 19.7 Å². The molecule has 21 heavy (non-hydrogen) atoms. The van der Waals surface area contributed by atoms with E-state index in [4.69, 9.17) is 19.7 Å². The molecule has 1 fully saturated rings. The number of nitrogens with two attached hydrogens (primary N) is 1. The SMILES string of the molecule is COc1cccc(OC)c1-c1nc(C2(N)CCCC2)no1. The molecule has 0 bridgehead atoms. The van der Waals surface area contributed by atoms with Crippen LogP contribution in [0.2, 0.25) is 0 Å². The summed E-state index contributed by atoms with van der Waals surface area (Å²) in [7, 11) is 3.19. The summed E-state index contributed by atoms with van der Waals surface area (Å²) in [6.07, 6.45) is 3.96. The predicted octanol–water partition coefficient (Wildman–Crippen LogP) is 2.48. The van der Waals surface area contributed by atoms with E-state index in [1.165, 1.54) is 0 Å². The maximum absolute atomic E-state index is 6.37. The van der Waals surface area contributed by atoms with Crippen molar-refractivity contribution in [3.63, 3.8) is 0 Å². The third kappa shape index (κ3) is 2.35. The van der Waals surface area contributed by atoms with Gasteiger partial charge in [-0.25, -0.2) is 0 Å². The molecule has 0 amide bonds. The molecular formula is C15H19N3O3. The molecule has 0 atom stereocenters. The summed E-state index contributed by atoms with van der Waals surface area (Å²) >= 11 is 0. The summed E-state index contributed by atoms with van der Waals surface area (Å²) in [5.41, 5.74) is 6.55. The number of benzene rings is 1. The van der Waals surface area contributed by atoms with Gasteiger partial charge in [0.15, 0.2) is 5.82 Å². The molecule has 0 spiro atoms. The molecule has 112 valence electrons. The van der Waals surface area contributed by atoms with Crippen molar-refractivity contribution in [2.45, 2.75) is 31.2 Å². The van der Waals surface area contributed by atoms with Crippen LogP contribution in [0.25, 0.3) is 11.5 Å². The lowest BCUT2D eigenvalue weighted by Crippen LogP contribution is -2.34. The van der Waals surface area contributed by atoms with E-state index < -0.39 is 5.54 Å². The highest BCUT2D eigenvalue weighted by Gasteiger charge is 2.36. The van der Waals surface area contributed by atoms with Crippen LogP contribution in [0.15, 0.2) is 22.7 Å². The summed E-state index contributed by atoms with van der Waals surface area (Å²) in [6, 6.07) is 5.50. The number of nitrogens with zero attached hydrogens (tertiary/aromatic N) is 2. The maximum Gasteiger partial charge on any atom is 0.265 e. The highest BCUT2D eigenvalue weighted by molar-refractivity contribution is 5.70. The lowest BCUT2D eigenvalue weighted by molar-refractivity contribution is 0.366. The molecule has 1 aromatic carbocycles. The zero-order valence-electron chi connectivity index (χ0n) is 12.3. The minimum absolute atomic E-state index is 0.371. The molecule has 2 N–H and O–H groups in total. The lowest BCUT2D eigenvalue weighted by Gasteiger charge is -2.17. The first-order valence-electron chi connectivity index (χ1n) is 7.02. The van der Waals surface area contributed by atoms with Crippen LogP contribution in [0.4, 0.5) is 0 Å². The van der Waals surface area contributed by atoms with E-state index in [9.17, 15) is 0 Å². The van der Waals surface area contributed by atoms with Crippen LogP contribution in [0.3, 0.4) is 0 Å². The number of methoxy groups -OCH3 is 2. The largest absolute Gasteiger partial charge is 0.496 e. The van der Waals surface area contributed by atoms with Crippen molar-refractivity contribution in [3.8, 4) is 23.0 Å². The van der Waals surface area contributed by atoms with Gasteiger partial charge >= 0.3 is 0 Å². The van der Waals surface area contributed by atoms with E-state index >= 15 is 0 Å².